The van der Waals surface area contributed by atoms with Crippen molar-refractivity contribution in [1.29, 1.82) is 0 Å². The highest BCUT2D eigenvalue weighted by Crippen LogP contribution is 1.62. The first-order valence-electron chi connectivity index (χ1n) is 2.91. The number of ether oxygens (including phenoxy) is 4. The number of rotatable bonds is 6. The molecule has 0 heterocycles. The van der Waals surface area contributed by atoms with Crippen LogP contribution < -0.4 is 0 Å². The minimum atomic E-state index is 0.0451. The maximum atomic E-state index is 9.26. The van der Waals surface area contributed by atoms with Crippen LogP contribution in [0.1, 0.15) is 0 Å². The van der Waals surface area contributed by atoms with E-state index in [9.17, 15) is 9.59 Å². The van der Waals surface area contributed by atoms with E-state index in [0.717, 1.165) is 0 Å². The van der Waals surface area contributed by atoms with Gasteiger partial charge in [-0.15, -0.1) is 0 Å². The first-order chi connectivity index (χ1) is 5.83. The van der Waals surface area contributed by atoms with Crippen molar-refractivity contribution in [2.45, 2.75) is 0 Å². The van der Waals surface area contributed by atoms with Crippen LogP contribution in [0.15, 0.2) is 0 Å². The summed E-state index contributed by atoms with van der Waals surface area (Å²) in [5.74, 6) is 0. The number of hydrogen-bond acceptors (Lipinski definition) is 6. The Labute approximate surface area is 70.3 Å². The zero-order valence-electron chi connectivity index (χ0n) is 7.02. The lowest BCUT2D eigenvalue weighted by Crippen LogP contribution is -1.91. The average Bonchev–Trinajstić information content (AvgIpc) is 2.12. The highest BCUT2D eigenvalue weighted by molar-refractivity contribution is 5.36. The normalized spacial score (nSPS) is 7.50. The molecule has 0 bridgehead atoms. The van der Waals surface area contributed by atoms with Gasteiger partial charge in [-0.2, -0.15) is 0 Å². The summed E-state index contributed by atoms with van der Waals surface area (Å²) in [6, 6.07) is 0. The predicted molar refractivity (Wildman–Crippen MR) is 38.1 cm³/mol. The maximum absolute atomic E-state index is 9.26. The van der Waals surface area contributed by atoms with Crippen molar-refractivity contribution in [2.75, 3.05) is 27.8 Å². The molecule has 0 saturated heterocycles. The molecule has 0 radical (unpaired) electrons. The van der Waals surface area contributed by atoms with E-state index in [4.69, 9.17) is 0 Å². The third-order valence-corrected chi connectivity index (χ3v) is 0.508. The van der Waals surface area contributed by atoms with Gasteiger partial charge in [-0.3, -0.25) is 9.59 Å². The topological polar surface area (TPSA) is 71.1 Å². The second-order valence-electron chi connectivity index (χ2n) is 1.34. The fourth-order valence-electron chi connectivity index (χ4n) is 0.192. The number of methoxy groups -OCH3 is 2. The molecule has 72 valence electrons. The van der Waals surface area contributed by atoms with Crippen LogP contribution in [-0.2, 0) is 28.5 Å². The number of carbonyl (C=O) groups is 2. The van der Waals surface area contributed by atoms with Gasteiger partial charge < -0.3 is 18.9 Å². The smallest absolute Gasteiger partial charge is 0.295 e. The van der Waals surface area contributed by atoms with Gasteiger partial charge in [-0.25, -0.2) is 0 Å². The van der Waals surface area contributed by atoms with E-state index >= 15 is 0 Å². The summed E-state index contributed by atoms with van der Waals surface area (Å²) in [7, 11) is 2.90. The van der Waals surface area contributed by atoms with E-state index in [-0.39, 0.29) is 13.6 Å². The van der Waals surface area contributed by atoms with Crippen molar-refractivity contribution >= 4 is 12.9 Å². The molecule has 0 atom stereocenters. The molecule has 0 aliphatic heterocycles. The Morgan fingerprint density at radius 1 is 0.917 bits per heavy atom. The first-order valence-corrected chi connectivity index (χ1v) is 2.91. The summed E-state index contributed by atoms with van der Waals surface area (Å²) in [6.45, 7) is 0.764. The van der Waals surface area contributed by atoms with E-state index in [1.54, 1.807) is 0 Å². The van der Waals surface area contributed by atoms with Crippen molar-refractivity contribution in [2.24, 2.45) is 0 Å². The quantitative estimate of drug-likeness (QED) is 0.312. The summed E-state index contributed by atoms with van der Waals surface area (Å²) in [5.41, 5.74) is 0. The maximum Gasteiger partial charge on any atom is 0.295 e. The Kier molecular flexibility index (Phi) is 18.4. The molecule has 0 aliphatic carbocycles. The van der Waals surface area contributed by atoms with Gasteiger partial charge in [0.25, 0.3) is 12.9 Å². The van der Waals surface area contributed by atoms with Crippen LogP contribution in [0.5, 0.6) is 0 Å². The van der Waals surface area contributed by atoms with Crippen LogP contribution in [0.4, 0.5) is 0 Å². The van der Waals surface area contributed by atoms with Crippen molar-refractivity contribution in [1.82, 2.24) is 0 Å². The van der Waals surface area contributed by atoms with Crippen molar-refractivity contribution in [3.63, 3.8) is 0 Å². The lowest BCUT2D eigenvalue weighted by atomic mass is 11.3. The predicted octanol–water partition coefficient (Wildman–Crippen LogP) is -0.473. The molecule has 0 aromatic heterocycles. The zero-order chi connectivity index (χ0) is 9.66. The van der Waals surface area contributed by atoms with E-state index in [2.05, 4.69) is 18.9 Å². The van der Waals surface area contributed by atoms with Crippen molar-refractivity contribution < 1.29 is 28.5 Å². The largest absolute Gasteiger partial charge is 0.441 e. The van der Waals surface area contributed by atoms with Crippen molar-refractivity contribution in [3.8, 4) is 0 Å². The standard InChI is InChI=1S/2C3H6O3/c2*1-5-3-6-2-4/h2*2H,3H2,1H3. The van der Waals surface area contributed by atoms with E-state index < -0.39 is 0 Å². The van der Waals surface area contributed by atoms with Crippen LogP contribution >= 0.6 is 0 Å². The molecular weight excluding hydrogens is 168 g/mol. The monoisotopic (exact) mass is 180 g/mol. The fraction of sp³-hybridized carbons (Fsp3) is 0.667. The molecular formula is C6H12O6. The molecule has 0 rings (SSSR count). The highest BCUT2D eigenvalue weighted by atomic mass is 16.7. The summed E-state index contributed by atoms with van der Waals surface area (Å²) in [6.07, 6.45) is 0. The Balaban J connectivity index is 0. The molecule has 0 aliphatic rings. The van der Waals surface area contributed by atoms with Gasteiger partial charge >= 0.3 is 0 Å². The van der Waals surface area contributed by atoms with E-state index in [1.807, 2.05) is 0 Å². The molecule has 0 amide bonds. The Morgan fingerprint density at radius 3 is 1.33 bits per heavy atom. The van der Waals surface area contributed by atoms with Crippen LogP contribution in [0.2, 0.25) is 0 Å². The van der Waals surface area contributed by atoms with E-state index in [0.29, 0.717) is 12.9 Å². The summed E-state index contributed by atoms with van der Waals surface area (Å²) >= 11 is 0. The Bertz CT molecular complexity index is 82.0. The second-order valence-corrected chi connectivity index (χ2v) is 1.34. The molecule has 0 unspecified atom stereocenters. The lowest BCUT2D eigenvalue weighted by Gasteiger charge is -1.89. The molecule has 6 heteroatoms. The molecule has 6 nitrogen and oxygen atoms in total. The minimum absolute atomic E-state index is 0.0451. The lowest BCUT2D eigenvalue weighted by molar-refractivity contribution is -0.139. The molecule has 0 spiro atoms. The van der Waals surface area contributed by atoms with Gasteiger partial charge in [0.1, 0.15) is 0 Å². The van der Waals surface area contributed by atoms with Gasteiger partial charge in [0.05, 0.1) is 0 Å². The zero-order valence-corrected chi connectivity index (χ0v) is 7.02. The Morgan fingerprint density at radius 2 is 1.25 bits per heavy atom. The minimum Gasteiger partial charge on any atom is -0.441 e. The van der Waals surface area contributed by atoms with Crippen LogP contribution in [0.3, 0.4) is 0 Å². The average molecular weight is 180 g/mol. The summed E-state index contributed by atoms with van der Waals surface area (Å²) in [5, 5.41) is 0. The van der Waals surface area contributed by atoms with Crippen LogP contribution in [0, 0.1) is 0 Å². The van der Waals surface area contributed by atoms with Gasteiger partial charge in [0.2, 0.25) is 0 Å². The fourth-order valence-corrected chi connectivity index (χ4v) is 0.192. The molecule has 0 aromatic carbocycles. The Hall–Kier alpha value is -1.14. The van der Waals surface area contributed by atoms with Gasteiger partial charge in [-0.05, 0) is 0 Å². The molecule has 12 heavy (non-hydrogen) atoms. The van der Waals surface area contributed by atoms with Crippen molar-refractivity contribution in [3.05, 3.63) is 0 Å². The van der Waals surface area contributed by atoms with Gasteiger partial charge in [-0.1, -0.05) is 0 Å². The summed E-state index contributed by atoms with van der Waals surface area (Å²) < 4.78 is 16.8. The highest BCUT2D eigenvalue weighted by Gasteiger charge is 1.70. The molecule has 0 saturated carbocycles. The SMILES string of the molecule is COCOC=O.COCOC=O. The van der Waals surface area contributed by atoms with Crippen LogP contribution in [-0.4, -0.2) is 40.7 Å². The third kappa shape index (κ3) is 23.2. The van der Waals surface area contributed by atoms with E-state index in [1.165, 1.54) is 14.2 Å². The second kappa shape index (κ2) is 16.4. The molecule has 0 fully saturated rings. The summed E-state index contributed by atoms with van der Waals surface area (Å²) in [4.78, 5) is 18.5. The van der Waals surface area contributed by atoms with Crippen LogP contribution in [0.25, 0.3) is 0 Å². The van der Waals surface area contributed by atoms with Gasteiger partial charge in [0, 0.05) is 14.2 Å². The molecule has 0 aromatic rings. The molecule has 0 N–H and O–H groups in total. The number of hydrogen-bond donors (Lipinski definition) is 0. The number of carbonyl (C=O) groups excluding carboxylic acids is 2. The van der Waals surface area contributed by atoms with Gasteiger partial charge in [0.15, 0.2) is 13.6 Å². The third-order valence-electron chi connectivity index (χ3n) is 0.508. The first kappa shape index (κ1) is 13.4.